The Hall–Kier alpha value is -1.33. The molecule has 21 heavy (non-hydrogen) atoms. The molecule has 1 heterocycles. The van der Waals surface area contributed by atoms with Crippen LogP contribution in [0.25, 0.3) is 0 Å². The molecule has 0 atom stereocenters. The Kier molecular flexibility index (Phi) is 5.42. The predicted molar refractivity (Wildman–Crippen MR) is 87.1 cm³/mol. The summed E-state index contributed by atoms with van der Waals surface area (Å²) >= 11 is 0. The molecular formula is C16H28N4O. The van der Waals surface area contributed by atoms with Crippen molar-refractivity contribution in [1.29, 1.82) is 0 Å². The molecule has 4 N–H and O–H groups in total. The first kappa shape index (κ1) is 16.0. The van der Waals surface area contributed by atoms with E-state index in [4.69, 9.17) is 5.73 Å². The maximum absolute atomic E-state index is 9.56. The highest BCUT2D eigenvalue weighted by atomic mass is 16.3. The zero-order chi connectivity index (χ0) is 15.4. The first-order valence-electron chi connectivity index (χ1n) is 7.85. The SMILES string of the molecule is CC(C)N(C)Cc1cc(N)nc(NC2CCC(O)CC2)c1. The van der Waals surface area contributed by atoms with Gasteiger partial charge in [0.25, 0.3) is 0 Å². The molecule has 118 valence electrons. The van der Waals surface area contributed by atoms with Gasteiger partial charge in [-0.3, -0.25) is 4.90 Å². The number of anilines is 2. The summed E-state index contributed by atoms with van der Waals surface area (Å²) in [5.74, 6) is 1.41. The Morgan fingerprint density at radius 2 is 2.00 bits per heavy atom. The van der Waals surface area contributed by atoms with Crippen molar-refractivity contribution < 1.29 is 5.11 Å². The van der Waals surface area contributed by atoms with Crippen LogP contribution < -0.4 is 11.1 Å². The van der Waals surface area contributed by atoms with Gasteiger partial charge in [0.15, 0.2) is 0 Å². The van der Waals surface area contributed by atoms with Gasteiger partial charge in [-0.05, 0) is 64.3 Å². The summed E-state index contributed by atoms with van der Waals surface area (Å²) in [5, 5.41) is 13.0. The molecule has 0 saturated heterocycles. The summed E-state index contributed by atoms with van der Waals surface area (Å²) < 4.78 is 0. The average Bonchev–Trinajstić information content (AvgIpc) is 2.40. The summed E-state index contributed by atoms with van der Waals surface area (Å²) in [6, 6.07) is 4.91. The number of aliphatic hydroxyl groups excluding tert-OH is 1. The standard InChI is InChI=1S/C16H28N4O/c1-11(2)20(3)10-12-8-15(17)19-16(9-12)18-13-4-6-14(21)7-5-13/h8-9,11,13-14,21H,4-7,10H2,1-3H3,(H3,17,18,19). The van der Waals surface area contributed by atoms with E-state index in [-0.39, 0.29) is 6.10 Å². The number of nitrogens with two attached hydrogens (primary N) is 1. The lowest BCUT2D eigenvalue weighted by atomic mass is 9.93. The quantitative estimate of drug-likeness (QED) is 0.776. The molecular weight excluding hydrogens is 264 g/mol. The van der Waals surface area contributed by atoms with Crippen molar-refractivity contribution in [1.82, 2.24) is 9.88 Å². The summed E-state index contributed by atoms with van der Waals surface area (Å²) in [6.07, 6.45) is 3.57. The van der Waals surface area contributed by atoms with Gasteiger partial charge in [0.05, 0.1) is 6.10 Å². The minimum Gasteiger partial charge on any atom is -0.393 e. The van der Waals surface area contributed by atoms with Crippen LogP contribution in [0.4, 0.5) is 11.6 Å². The van der Waals surface area contributed by atoms with E-state index in [1.807, 2.05) is 6.07 Å². The Labute approximate surface area is 127 Å². The number of aliphatic hydroxyl groups is 1. The van der Waals surface area contributed by atoms with Crippen molar-refractivity contribution >= 4 is 11.6 Å². The summed E-state index contributed by atoms with van der Waals surface area (Å²) in [6.45, 7) is 5.22. The molecule has 1 aromatic rings. The predicted octanol–water partition coefficient (Wildman–Crippen LogP) is 2.22. The van der Waals surface area contributed by atoms with Gasteiger partial charge < -0.3 is 16.2 Å². The van der Waals surface area contributed by atoms with Gasteiger partial charge in [0, 0.05) is 18.6 Å². The maximum atomic E-state index is 9.56. The smallest absolute Gasteiger partial charge is 0.128 e. The molecule has 0 radical (unpaired) electrons. The molecule has 5 nitrogen and oxygen atoms in total. The lowest BCUT2D eigenvalue weighted by Gasteiger charge is -2.27. The van der Waals surface area contributed by atoms with Crippen molar-refractivity contribution in [3.05, 3.63) is 17.7 Å². The summed E-state index contributed by atoms with van der Waals surface area (Å²) in [7, 11) is 2.11. The summed E-state index contributed by atoms with van der Waals surface area (Å²) in [5.41, 5.74) is 7.11. The molecule has 0 spiro atoms. The van der Waals surface area contributed by atoms with E-state index >= 15 is 0 Å². The van der Waals surface area contributed by atoms with Gasteiger partial charge in [-0.1, -0.05) is 0 Å². The van der Waals surface area contributed by atoms with Gasteiger partial charge in [-0.25, -0.2) is 4.98 Å². The van der Waals surface area contributed by atoms with Crippen molar-refractivity contribution in [2.24, 2.45) is 0 Å². The molecule has 0 aliphatic heterocycles. The highest BCUT2D eigenvalue weighted by molar-refractivity contribution is 5.47. The van der Waals surface area contributed by atoms with E-state index in [9.17, 15) is 5.11 Å². The van der Waals surface area contributed by atoms with Crippen LogP contribution in [0.2, 0.25) is 0 Å². The van der Waals surface area contributed by atoms with Crippen molar-refractivity contribution in [3.8, 4) is 0 Å². The second-order valence-electron chi connectivity index (χ2n) is 6.44. The molecule has 5 heteroatoms. The van der Waals surface area contributed by atoms with Crippen LogP contribution in [-0.2, 0) is 6.54 Å². The number of rotatable bonds is 5. The second kappa shape index (κ2) is 7.09. The third-order valence-corrected chi connectivity index (χ3v) is 4.27. The van der Waals surface area contributed by atoms with E-state index < -0.39 is 0 Å². The number of nitrogens with one attached hydrogen (secondary N) is 1. The Balaban J connectivity index is 2.01. The Morgan fingerprint density at radius 1 is 1.33 bits per heavy atom. The third-order valence-electron chi connectivity index (χ3n) is 4.27. The highest BCUT2D eigenvalue weighted by Gasteiger charge is 2.19. The number of aromatic nitrogens is 1. The Bertz CT molecular complexity index is 456. The molecule has 1 aromatic heterocycles. The van der Waals surface area contributed by atoms with Gasteiger partial charge in [0.2, 0.25) is 0 Å². The maximum Gasteiger partial charge on any atom is 0.128 e. The Morgan fingerprint density at radius 3 is 2.62 bits per heavy atom. The number of hydrogen-bond donors (Lipinski definition) is 3. The van der Waals surface area contributed by atoms with E-state index in [0.717, 1.165) is 38.0 Å². The molecule has 0 bridgehead atoms. The van der Waals surface area contributed by atoms with E-state index in [1.165, 1.54) is 5.56 Å². The van der Waals surface area contributed by atoms with E-state index in [1.54, 1.807) is 0 Å². The fourth-order valence-corrected chi connectivity index (χ4v) is 2.68. The minimum atomic E-state index is -0.132. The van der Waals surface area contributed by atoms with Crippen LogP contribution in [-0.4, -0.2) is 40.2 Å². The van der Waals surface area contributed by atoms with Crippen LogP contribution in [0.5, 0.6) is 0 Å². The van der Waals surface area contributed by atoms with Crippen molar-refractivity contribution in [2.45, 2.75) is 64.3 Å². The zero-order valence-corrected chi connectivity index (χ0v) is 13.3. The molecule has 0 unspecified atom stereocenters. The molecule has 2 rings (SSSR count). The van der Waals surface area contributed by atoms with Crippen LogP contribution in [0.15, 0.2) is 12.1 Å². The minimum absolute atomic E-state index is 0.132. The van der Waals surface area contributed by atoms with Crippen LogP contribution in [0.1, 0.15) is 45.1 Å². The van der Waals surface area contributed by atoms with Gasteiger partial charge in [-0.2, -0.15) is 0 Å². The molecule has 1 fully saturated rings. The van der Waals surface area contributed by atoms with Crippen molar-refractivity contribution in [2.75, 3.05) is 18.1 Å². The van der Waals surface area contributed by atoms with E-state index in [0.29, 0.717) is 17.9 Å². The molecule has 1 saturated carbocycles. The number of pyridine rings is 1. The highest BCUT2D eigenvalue weighted by Crippen LogP contribution is 2.23. The fraction of sp³-hybridized carbons (Fsp3) is 0.688. The lowest BCUT2D eigenvalue weighted by Crippen LogP contribution is -2.29. The van der Waals surface area contributed by atoms with E-state index in [2.05, 4.69) is 42.2 Å². The lowest BCUT2D eigenvalue weighted by molar-refractivity contribution is 0.126. The van der Waals surface area contributed by atoms with Gasteiger partial charge in [0.1, 0.15) is 11.6 Å². The van der Waals surface area contributed by atoms with Crippen molar-refractivity contribution in [3.63, 3.8) is 0 Å². The van der Waals surface area contributed by atoms with Crippen LogP contribution in [0.3, 0.4) is 0 Å². The largest absolute Gasteiger partial charge is 0.393 e. The topological polar surface area (TPSA) is 74.4 Å². The normalized spacial score (nSPS) is 22.8. The second-order valence-corrected chi connectivity index (χ2v) is 6.44. The van der Waals surface area contributed by atoms with Crippen LogP contribution in [0, 0.1) is 0 Å². The van der Waals surface area contributed by atoms with Crippen LogP contribution >= 0.6 is 0 Å². The van der Waals surface area contributed by atoms with Gasteiger partial charge in [-0.15, -0.1) is 0 Å². The number of nitrogen functional groups attached to an aromatic ring is 1. The fourth-order valence-electron chi connectivity index (χ4n) is 2.68. The zero-order valence-electron chi connectivity index (χ0n) is 13.3. The molecule has 1 aliphatic carbocycles. The number of nitrogens with zero attached hydrogens (tertiary/aromatic N) is 2. The third kappa shape index (κ3) is 4.86. The number of hydrogen-bond acceptors (Lipinski definition) is 5. The first-order chi connectivity index (χ1) is 9.94. The molecule has 1 aliphatic rings. The monoisotopic (exact) mass is 292 g/mol. The van der Waals surface area contributed by atoms with Gasteiger partial charge >= 0.3 is 0 Å². The average molecular weight is 292 g/mol. The summed E-state index contributed by atoms with van der Waals surface area (Å²) in [4.78, 5) is 6.66. The molecule has 0 amide bonds. The first-order valence-corrected chi connectivity index (χ1v) is 7.85. The molecule has 0 aromatic carbocycles.